The van der Waals surface area contributed by atoms with Crippen LogP contribution in [0.4, 0.5) is 4.79 Å². The van der Waals surface area contributed by atoms with Crippen LogP contribution in [0.25, 0.3) is 6.08 Å². The molecule has 2 N–H and O–H groups in total. The monoisotopic (exact) mass is 491 g/mol. The fourth-order valence-corrected chi connectivity index (χ4v) is 3.59. The van der Waals surface area contributed by atoms with Gasteiger partial charge in [0.15, 0.2) is 0 Å². The molecule has 2 unspecified atom stereocenters. The van der Waals surface area contributed by atoms with Crippen LogP contribution < -0.4 is 10.6 Å². The summed E-state index contributed by atoms with van der Waals surface area (Å²) in [6, 6.07) is 5.64. The molecule has 34 heavy (non-hydrogen) atoms. The van der Waals surface area contributed by atoms with Gasteiger partial charge < -0.3 is 20.3 Å². The van der Waals surface area contributed by atoms with Gasteiger partial charge in [-0.2, -0.15) is 12.6 Å². The van der Waals surface area contributed by atoms with Crippen LogP contribution in [0.1, 0.15) is 77.5 Å². The number of nitrogens with zero attached hydrogens (tertiary/aromatic N) is 1. The van der Waals surface area contributed by atoms with Gasteiger partial charge in [0.25, 0.3) is 0 Å². The fourth-order valence-electron chi connectivity index (χ4n) is 3.34. The summed E-state index contributed by atoms with van der Waals surface area (Å²) in [7, 11) is 0. The van der Waals surface area contributed by atoms with Gasteiger partial charge >= 0.3 is 6.09 Å². The number of carbonyl (C=O) groups is 3. The van der Waals surface area contributed by atoms with Crippen LogP contribution >= 0.6 is 12.6 Å². The Hall–Kier alpha value is -2.48. The van der Waals surface area contributed by atoms with Crippen LogP contribution in [-0.4, -0.2) is 53.3 Å². The van der Waals surface area contributed by atoms with Crippen molar-refractivity contribution in [2.75, 3.05) is 18.8 Å². The van der Waals surface area contributed by atoms with Crippen molar-refractivity contribution in [1.29, 1.82) is 0 Å². The maximum absolute atomic E-state index is 13.7. The molecular formula is C26H41N3O4S. The zero-order valence-corrected chi connectivity index (χ0v) is 22.1. The lowest BCUT2D eigenvalue weighted by Crippen LogP contribution is -2.54. The van der Waals surface area contributed by atoms with Crippen LogP contribution in [0.2, 0.25) is 0 Å². The lowest BCUT2D eigenvalue weighted by atomic mass is 10.00. The highest BCUT2D eigenvalue weighted by Gasteiger charge is 2.35. The van der Waals surface area contributed by atoms with Gasteiger partial charge in [-0.1, -0.05) is 57.5 Å². The minimum Gasteiger partial charge on any atom is -0.444 e. The van der Waals surface area contributed by atoms with Gasteiger partial charge in [0, 0.05) is 18.8 Å². The summed E-state index contributed by atoms with van der Waals surface area (Å²) < 4.78 is 5.32. The van der Waals surface area contributed by atoms with E-state index in [1.54, 1.807) is 31.7 Å². The van der Waals surface area contributed by atoms with Gasteiger partial charge in [-0.25, -0.2) is 4.79 Å². The largest absolute Gasteiger partial charge is 0.444 e. The van der Waals surface area contributed by atoms with E-state index < -0.39 is 23.8 Å². The Kier molecular flexibility index (Phi) is 12.8. The minimum absolute atomic E-state index is 0.0670. The summed E-state index contributed by atoms with van der Waals surface area (Å²) in [5.41, 5.74) is 0.832. The summed E-state index contributed by atoms with van der Waals surface area (Å²) in [5.74, 6) is -0.569. The smallest absolute Gasteiger partial charge is 0.408 e. The number of rotatable bonds is 13. The van der Waals surface area contributed by atoms with Gasteiger partial charge in [-0.15, -0.1) is 0 Å². The molecule has 0 saturated heterocycles. The number of alkyl carbamates (subject to hydrolysis) is 1. The van der Waals surface area contributed by atoms with Gasteiger partial charge in [-0.05, 0) is 50.8 Å². The zero-order valence-electron chi connectivity index (χ0n) is 21.2. The Morgan fingerprint density at radius 3 is 2.41 bits per heavy atom. The van der Waals surface area contributed by atoms with E-state index in [0.29, 0.717) is 25.1 Å². The number of amides is 3. The van der Waals surface area contributed by atoms with Crippen molar-refractivity contribution < 1.29 is 19.1 Å². The number of hydrogen-bond acceptors (Lipinski definition) is 5. The molecule has 0 aliphatic carbocycles. The molecule has 0 aromatic heterocycles. The third kappa shape index (κ3) is 9.79. The van der Waals surface area contributed by atoms with E-state index in [1.165, 1.54) is 0 Å². The highest BCUT2D eigenvalue weighted by molar-refractivity contribution is 7.80. The van der Waals surface area contributed by atoms with Gasteiger partial charge in [0.1, 0.15) is 17.7 Å². The molecule has 1 aromatic rings. The first-order valence-electron chi connectivity index (χ1n) is 12.0. The van der Waals surface area contributed by atoms with Crippen LogP contribution in [-0.2, 0) is 14.3 Å². The second kappa shape index (κ2) is 14.7. The van der Waals surface area contributed by atoms with Gasteiger partial charge in [0.2, 0.25) is 11.8 Å². The second-order valence-electron chi connectivity index (χ2n) is 9.19. The molecule has 7 nitrogen and oxygen atoms in total. The van der Waals surface area contributed by atoms with E-state index in [9.17, 15) is 14.4 Å². The van der Waals surface area contributed by atoms with E-state index in [0.717, 1.165) is 24.8 Å². The molecule has 1 aromatic carbocycles. The SMILES string of the molecule is C=Cc1cccc(C(C(=O)NCCCC)N(CCCC)C(=O)C(CS)NC(=O)OC(C)(C)C)c1. The Labute approximate surface area is 210 Å². The number of thiol groups is 1. The molecule has 0 bridgehead atoms. The first-order valence-corrected chi connectivity index (χ1v) is 12.6. The molecule has 2 atom stereocenters. The average Bonchev–Trinajstić information content (AvgIpc) is 2.78. The lowest BCUT2D eigenvalue weighted by Gasteiger charge is -2.34. The number of ether oxygens (including phenoxy) is 1. The van der Waals surface area contributed by atoms with E-state index in [-0.39, 0.29) is 17.6 Å². The minimum atomic E-state index is -0.941. The van der Waals surface area contributed by atoms with Crippen LogP contribution in [0.5, 0.6) is 0 Å². The van der Waals surface area contributed by atoms with Gasteiger partial charge in [-0.3, -0.25) is 9.59 Å². The molecule has 0 aliphatic rings. The van der Waals surface area contributed by atoms with E-state index in [4.69, 9.17) is 4.74 Å². The van der Waals surface area contributed by atoms with E-state index in [2.05, 4.69) is 29.8 Å². The Morgan fingerprint density at radius 1 is 1.18 bits per heavy atom. The number of benzene rings is 1. The van der Waals surface area contributed by atoms with E-state index >= 15 is 0 Å². The van der Waals surface area contributed by atoms with Crippen molar-refractivity contribution in [1.82, 2.24) is 15.5 Å². The molecule has 3 amide bonds. The first kappa shape index (κ1) is 29.6. The van der Waals surface area contributed by atoms with E-state index in [1.807, 2.05) is 38.1 Å². The van der Waals surface area contributed by atoms with Crippen molar-refractivity contribution in [3.05, 3.63) is 42.0 Å². The third-order valence-corrected chi connectivity index (χ3v) is 5.42. The van der Waals surface area contributed by atoms with Crippen LogP contribution in [0, 0.1) is 0 Å². The molecule has 0 radical (unpaired) electrons. The fraction of sp³-hybridized carbons (Fsp3) is 0.577. The summed E-state index contributed by atoms with van der Waals surface area (Å²) in [6.45, 7) is 14.0. The second-order valence-corrected chi connectivity index (χ2v) is 9.55. The Bertz CT molecular complexity index is 823. The molecule has 0 heterocycles. The maximum atomic E-state index is 13.7. The predicted molar refractivity (Wildman–Crippen MR) is 141 cm³/mol. The van der Waals surface area contributed by atoms with Gasteiger partial charge in [0.05, 0.1) is 0 Å². The van der Waals surface area contributed by atoms with Crippen molar-refractivity contribution >= 4 is 36.6 Å². The predicted octanol–water partition coefficient (Wildman–Crippen LogP) is 4.74. The Morgan fingerprint density at radius 2 is 1.85 bits per heavy atom. The topological polar surface area (TPSA) is 87.7 Å². The number of nitrogens with one attached hydrogen (secondary N) is 2. The van der Waals surface area contributed by atoms with Crippen LogP contribution in [0.15, 0.2) is 30.8 Å². The van der Waals surface area contributed by atoms with Crippen molar-refractivity contribution in [2.24, 2.45) is 0 Å². The standard InChI is InChI=1S/C26H41N3O4S/c1-7-10-15-27-23(30)22(20-14-12-13-19(9-3)17-20)29(16-11-8-2)24(31)21(18-34)28-25(32)33-26(4,5)6/h9,12-14,17,21-22,34H,3,7-8,10-11,15-16,18H2,1-2,4-6H3,(H,27,30)(H,28,32). The molecule has 8 heteroatoms. The number of unbranched alkanes of at least 4 members (excludes halogenated alkanes) is 2. The molecular weight excluding hydrogens is 450 g/mol. The molecule has 190 valence electrons. The van der Waals surface area contributed by atoms with Crippen molar-refractivity contribution in [3.63, 3.8) is 0 Å². The average molecular weight is 492 g/mol. The molecule has 0 fully saturated rings. The highest BCUT2D eigenvalue weighted by atomic mass is 32.1. The van der Waals surface area contributed by atoms with Crippen molar-refractivity contribution in [2.45, 2.75) is 78.0 Å². The maximum Gasteiger partial charge on any atom is 0.408 e. The molecule has 1 rings (SSSR count). The lowest BCUT2D eigenvalue weighted by molar-refractivity contribution is -0.142. The van der Waals surface area contributed by atoms with Crippen LogP contribution in [0.3, 0.4) is 0 Å². The summed E-state index contributed by atoms with van der Waals surface area (Å²) in [6.07, 6.45) is 4.33. The molecule has 0 saturated carbocycles. The summed E-state index contributed by atoms with van der Waals surface area (Å²) >= 11 is 4.30. The number of carbonyl (C=O) groups excluding carboxylic acids is 3. The zero-order chi connectivity index (χ0) is 25.7. The third-order valence-electron chi connectivity index (χ3n) is 5.06. The normalized spacial score (nSPS) is 12.9. The Balaban J connectivity index is 3.36. The number of hydrogen-bond donors (Lipinski definition) is 3. The first-order chi connectivity index (χ1) is 16.1. The van der Waals surface area contributed by atoms with Crippen molar-refractivity contribution in [3.8, 4) is 0 Å². The summed E-state index contributed by atoms with van der Waals surface area (Å²) in [4.78, 5) is 41.0. The molecule has 0 spiro atoms. The highest BCUT2D eigenvalue weighted by Crippen LogP contribution is 2.25. The quantitative estimate of drug-likeness (QED) is 0.275. The summed E-state index contributed by atoms with van der Waals surface area (Å²) in [5, 5.41) is 5.59. The molecule has 0 aliphatic heterocycles.